The normalized spacial score (nSPS) is 13.8. The van der Waals surface area contributed by atoms with Crippen molar-refractivity contribution < 1.29 is 14.3 Å². The molecule has 134 valence electrons. The number of nitrogens with zero attached hydrogens (tertiary/aromatic N) is 2. The van der Waals surface area contributed by atoms with Crippen LogP contribution in [0.4, 0.5) is 0 Å². The fraction of sp³-hybridized carbons (Fsp3) is 0.611. The molecule has 1 aromatic rings. The Morgan fingerprint density at radius 3 is 2.50 bits per heavy atom. The van der Waals surface area contributed by atoms with Gasteiger partial charge in [-0.05, 0) is 63.3 Å². The van der Waals surface area contributed by atoms with Crippen molar-refractivity contribution in [1.82, 2.24) is 15.1 Å². The standard InChI is InChI=1S/C18H29N3O3/c1-20(2)8-5-7-19-12-18(22)21-9-6-14-10-16(23-3)17(24-4)11-15(14)13-21/h10-11,19H,5-9,12-13H2,1-4H3. The highest BCUT2D eigenvalue weighted by atomic mass is 16.5. The van der Waals surface area contributed by atoms with Gasteiger partial charge in [-0.25, -0.2) is 0 Å². The lowest BCUT2D eigenvalue weighted by molar-refractivity contribution is -0.131. The molecule has 1 amide bonds. The predicted molar refractivity (Wildman–Crippen MR) is 94.7 cm³/mol. The van der Waals surface area contributed by atoms with Gasteiger partial charge in [-0.15, -0.1) is 0 Å². The van der Waals surface area contributed by atoms with Crippen LogP contribution in [0.5, 0.6) is 11.5 Å². The van der Waals surface area contributed by atoms with Crippen LogP contribution < -0.4 is 14.8 Å². The van der Waals surface area contributed by atoms with Crippen molar-refractivity contribution in [1.29, 1.82) is 0 Å². The Morgan fingerprint density at radius 1 is 1.21 bits per heavy atom. The summed E-state index contributed by atoms with van der Waals surface area (Å²) < 4.78 is 10.7. The molecule has 0 fully saturated rings. The lowest BCUT2D eigenvalue weighted by Crippen LogP contribution is -2.41. The van der Waals surface area contributed by atoms with E-state index in [2.05, 4.69) is 24.3 Å². The largest absolute Gasteiger partial charge is 0.493 e. The average Bonchev–Trinajstić information content (AvgIpc) is 2.59. The molecule has 0 saturated heterocycles. The van der Waals surface area contributed by atoms with Gasteiger partial charge in [-0.3, -0.25) is 4.79 Å². The van der Waals surface area contributed by atoms with Crippen molar-refractivity contribution in [3.8, 4) is 11.5 Å². The van der Waals surface area contributed by atoms with E-state index in [1.54, 1.807) is 14.2 Å². The molecule has 0 atom stereocenters. The number of amides is 1. The summed E-state index contributed by atoms with van der Waals surface area (Å²) in [6.45, 7) is 3.67. The van der Waals surface area contributed by atoms with Crippen molar-refractivity contribution >= 4 is 5.91 Å². The van der Waals surface area contributed by atoms with E-state index in [1.165, 1.54) is 5.56 Å². The predicted octanol–water partition coefficient (Wildman–Crippen LogP) is 1.13. The van der Waals surface area contributed by atoms with E-state index in [0.717, 1.165) is 43.8 Å². The van der Waals surface area contributed by atoms with E-state index < -0.39 is 0 Å². The Bertz CT molecular complexity index is 561. The van der Waals surface area contributed by atoms with Gasteiger partial charge >= 0.3 is 0 Å². The van der Waals surface area contributed by atoms with Gasteiger partial charge in [0, 0.05) is 13.1 Å². The molecule has 1 heterocycles. The highest BCUT2D eigenvalue weighted by molar-refractivity contribution is 5.78. The summed E-state index contributed by atoms with van der Waals surface area (Å²) in [5.74, 6) is 1.62. The van der Waals surface area contributed by atoms with Crippen molar-refractivity contribution in [3.63, 3.8) is 0 Å². The summed E-state index contributed by atoms with van der Waals surface area (Å²) in [4.78, 5) is 16.4. The number of hydrogen-bond donors (Lipinski definition) is 1. The quantitative estimate of drug-likeness (QED) is 0.722. The molecule has 1 aliphatic rings. The third kappa shape index (κ3) is 4.85. The number of benzene rings is 1. The zero-order valence-corrected chi connectivity index (χ0v) is 15.2. The number of methoxy groups -OCH3 is 2. The Hall–Kier alpha value is -1.79. The molecule has 1 aromatic carbocycles. The number of hydrogen-bond acceptors (Lipinski definition) is 5. The zero-order chi connectivity index (χ0) is 17.5. The minimum atomic E-state index is 0.153. The van der Waals surface area contributed by atoms with Crippen LogP contribution in [0.2, 0.25) is 0 Å². The van der Waals surface area contributed by atoms with Crippen LogP contribution in [0.1, 0.15) is 17.5 Å². The summed E-state index contributed by atoms with van der Waals surface area (Å²) in [6, 6.07) is 4.01. The maximum Gasteiger partial charge on any atom is 0.236 e. The van der Waals surface area contributed by atoms with E-state index in [1.807, 2.05) is 17.0 Å². The molecule has 0 unspecified atom stereocenters. The van der Waals surface area contributed by atoms with Gasteiger partial charge in [0.15, 0.2) is 11.5 Å². The fourth-order valence-electron chi connectivity index (χ4n) is 2.92. The Labute approximate surface area is 144 Å². The second kappa shape index (κ2) is 8.89. The fourth-order valence-corrected chi connectivity index (χ4v) is 2.92. The molecule has 1 aliphatic heterocycles. The Balaban J connectivity index is 1.88. The molecule has 6 heteroatoms. The van der Waals surface area contributed by atoms with Gasteiger partial charge in [0.1, 0.15) is 0 Å². The van der Waals surface area contributed by atoms with Gasteiger partial charge in [-0.2, -0.15) is 0 Å². The number of rotatable bonds is 8. The van der Waals surface area contributed by atoms with E-state index in [-0.39, 0.29) is 5.91 Å². The van der Waals surface area contributed by atoms with Crippen LogP contribution in [0.3, 0.4) is 0 Å². The number of fused-ring (bicyclic) bond motifs is 1. The van der Waals surface area contributed by atoms with E-state index in [0.29, 0.717) is 18.8 Å². The highest BCUT2D eigenvalue weighted by Gasteiger charge is 2.22. The van der Waals surface area contributed by atoms with Gasteiger partial charge in [0.05, 0.1) is 20.8 Å². The summed E-state index contributed by atoms with van der Waals surface area (Å²) in [7, 11) is 7.39. The summed E-state index contributed by atoms with van der Waals surface area (Å²) >= 11 is 0. The van der Waals surface area contributed by atoms with Crippen molar-refractivity contribution in [2.75, 3.05) is 54.5 Å². The third-order valence-electron chi connectivity index (χ3n) is 4.31. The minimum Gasteiger partial charge on any atom is -0.493 e. The van der Waals surface area contributed by atoms with Crippen LogP contribution in [0.25, 0.3) is 0 Å². The molecule has 24 heavy (non-hydrogen) atoms. The Morgan fingerprint density at radius 2 is 1.88 bits per heavy atom. The smallest absolute Gasteiger partial charge is 0.236 e. The van der Waals surface area contributed by atoms with Crippen molar-refractivity contribution in [2.45, 2.75) is 19.4 Å². The molecule has 0 aromatic heterocycles. The first-order valence-electron chi connectivity index (χ1n) is 8.42. The molecule has 0 bridgehead atoms. The van der Waals surface area contributed by atoms with E-state index in [4.69, 9.17) is 9.47 Å². The summed E-state index contributed by atoms with van der Waals surface area (Å²) in [6.07, 6.45) is 1.89. The molecular weight excluding hydrogens is 306 g/mol. The molecule has 6 nitrogen and oxygen atoms in total. The van der Waals surface area contributed by atoms with Crippen LogP contribution in [0.15, 0.2) is 12.1 Å². The molecule has 2 rings (SSSR count). The monoisotopic (exact) mass is 335 g/mol. The van der Waals surface area contributed by atoms with Crippen LogP contribution in [-0.2, 0) is 17.8 Å². The molecule has 0 radical (unpaired) electrons. The highest BCUT2D eigenvalue weighted by Crippen LogP contribution is 2.33. The van der Waals surface area contributed by atoms with Crippen molar-refractivity contribution in [2.24, 2.45) is 0 Å². The molecule has 0 saturated carbocycles. The topological polar surface area (TPSA) is 54.0 Å². The van der Waals surface area contributed by atoms with Gasteiger partial charge in [-0.1, -0.05) is 0 Å². The summed E-state index contributed by atoms with van der Waals surface area (Å²) in [5, 5.41) is 3.24. The first-order chi connectivity index (χ1) is 11.5. The van der Waals surface area contributed by atoms with Crippen LogP contribution >= 0.6 is 0 Å². The number of carbonyl (C=O) groups excluding carboxylic acids is 1. The first kappa shape index (κ1) is 18.5. The van der Waals surface area contributed by atoms with E-state index in [9.17, 15) is 4.79 Å². The molecular formula is C18H29N3O3. The third-order valence-corrected chi connectivity index (χ3v) is 4.31. The molecule has 0 aliphatic carbocycles. The SMILES string of the molecule is COc1cc2c(cc1OC)CN(C(=O)CNCCCN(C)C)CC2. The molecule has 0 spiro atoms. The van der Waals surface area contributed by atoms with Gasteiger partial charge < -0.3 is 24.6 Å². The lowest BCUT2D eigenvalue weighted by atomic mass is 9.98. The number of ether oxygens (including phenoxy) is 2. The lowest BCUT2D eigenvalue weighted by Gasteiger charge is -2.29. The minimum absolute atomic E-state index is 0.153. The number of nitrogens with one attached hydrogen (secondary N) is 1. The van der Waals surface area contributed by atoms with Gasteiger partial charge in [0.2, 0.25) is 5.91 Å². The summed E-state index contributed by atoms with van der Waals surface area (Å²) in [5.41, 5.74) is 2.37. The van der Waals surface area contributed by atoms with Crippen LogP contribution in [-0.4, -0.2) is 70.2 Å². The molecule has 1 N–H and O–H groups in total. The van der Waals surface area contributed by atoms with E-state index >= 15 is 0 Å². The van der Waals surface area contributed by atoms with Gasteiger partial charge in [0.25, 0.3) is 0 Å². The zero-order valence-electron chi connectivity index (χ0n) is 15.2. The second-order valence-electron chi connectivity index (χ2n) is 6.37. The maximum atomic E-state index is 12.4. The maximum absolute atomic E-state index is 12.4. The first-order valence-corrected chi connectivity index (χ1v) is 8.42. The Kier molecular flexibility index (Phi) is 6.87. The number of carbonyl (C=O) groups is 1. The average molecular weight is 335 g/mol. The van der Waals surface area contributed by atoms with Crippen LogP contribution in [0, 0.1) is 0 Å². The van der Waals surface area contributed by atoms with Crippen molar-refractivity contribution in [3.05, 3.63) is 23.3 Å². The second-order valence-corrected chi connectivity index (χ2v) is 6.37.